The first kappa shape index (κ1) is 19.0. The lowest BCUT2D eigenvalue weighted by Gasteiger charge is -2.35. The van der Waals surface area contributed by atoms with Crippen molar-refractivity contribution in [2.45, 2.75) is 44.5 Å². The van der Waals surface area contributed by atoms with E-state index in [1.165, 1.54) is 16.7 Å². The standard InChI is InChI=1S/C23H28N2O3/c1-3-11-24-22(26)21-13-23(16-28-21)20-10-5-4-8-18(20)15-25(23)14-17-7-6-9-19(12-17)27-2/h4-10,12,21H,3,11,13-16H2,1-2H3,(H,24,26)/t21-,23-/m1/s1. The normalized spacial score (nSPS) is 23.7. The van der Waals surface area contributed by atoms with Gasteiger partial charge in [-0.25, -0.2) is 0 Å². The average molecular weight is 380 g/mol. The number of carbonyl (C=O) groups is 1. The highest BCUT2D eigenvalue weighted by Gasteiger charge is 2.52. The molecule has 5 heteroatoms. The Labute approximate surface area is 166 Å². The summed E-state index contributed by atoms with van der Waals surface area (Å²) in [5.41, 5.74) is 3.56. The number of ether oxygens (including phenoxy) is 2. The second-order valence-electron chi connectivity index (χ2n) is 7.69. The summed E-state index contributed by atoms with van der Waals surface area (Å²) in [6.45, 7) is 4.94. The van der Waals surface area contributed by atoms with Crippen LogP contribution in [0.25, 0.3) is 0 Å². The second kappa shape index (κ2) is 7.94. The lowest BCUT2D eigenvalue weighted by molar-refractivity contribution is -0.130. The maximum atomic E-state index is 12.5. The van der Waals surface area contributed by atoms with Crippen LogP contribution < -0.4 is 10.1 Å². The Balaban J connectivity index is 1.61. The summed E-state index contributed by atoms with van der Waals surface area (Å²) in [6.07, 6.45) is 1.21. The summed E-state index contributed by atoms with van der Waals surface area (Å²) in [6, 6.07) is 16.7. The lowest BCUT2D eigenvalue weighted by atomic mass is 9.86. The molecule has 1 amide bonds. The zero-order valence-electron chi connectivity index (χ0n) is 16.6. The Morgan fingerprint density at radius 3 is 2.96 bits per heavy atom. The summed E-state index contributed by atoms with van der Waals surface area (Å²) in [5, 5.41) is 2.99. The number of methoxy groups -OCH3 is 1. The Hall–Kier alpha value is -2.37. The summed E-state index contributed by atoms with van der Waals surface area (Å²) < 4.78 is 11.4. The van der Waals surface area contributed by atoms with Gasteiger partial charge in [0.1, 0.15) is 11.9 Å². The van der Waals surface area contributed by atoms with Gasteiger partial charge in [0.25, 0.3) is 0 Å². The summed E-state index contributed by atoms with van der Waals surface area (Å²) >= 11 is 0. The number of carbonyl (C=O) groups excluding carboxylic acids is 1. The van der Waals surface area contributed by atoms with Crippen molar-refractivity contribution >= 4 is 5.91 Å². The third kappa shape index (κ3) is 3.40. The SMILES string of the molecule is CCCNC(=O)[C@H]1C[C@@]2(CO1)c1ccccc1CN2Cc1cccc(OC)c1. The third-order valence-electron chi connectivity index (χ3n) is 5.88. The van der Waals surface area contributed by atoms with Crippen molar-refractivity contribution in [3.8, 4) is 5.75 Å². The lowest BCUT2D eigenvalue weighted by Crippen LogP contribution is -2.42. The van der Waals surface area contributed by atoms with Gasteiger partial charge in [-0.1, -0.05) is 43.3 Å². The fourth-order valence-corrected chi connectivity index (χ4v) is 4.44. The first-order chi connectivity index (χ1) is 13.7. The molecule has 2 aromatic rings. The molecule has 0 radical (unpaired) electrons. The molecular formula is C23H28N2O3. The van der Waals surface area contributed by atoms with Crippen LogP contribution in [0, 0.1) is 0 Å². The highest BCUT2D eigenvalue weighted by Crippen LogP contribution is 2.47. The maximum absolute atomic E-state index is 12.5. The van der Waals surface area contributed by atoms with Gasteiger partial charge < -0.3 is 14.8 Å². The van der Waals surface area contributed by atoms with Crippen LogP contribution in [0.2, 0.25) is 0 Å². The molecular weight excluding hydrogens is 352 g/mol. The molecule has 0 saturated carbocycles. The summed E-state index contributed by atoms with van der Waals surface area (Å²) in [7, 11) is 1.69. The minimum Gasteiger partial charge on any atom is -0.497 e. The molecule has 28 heavy (non-hydrogen) atoms. The van der Waals surface area contributed by atoms with E-state index in [-0.39, 0.29) is 11.4 Å². The molecule has 2 aliphatic heterocycles. The zero-order valence-corrected chi connectivity index (χ0v) is 16.6. The zero-order chi connectivity index (χ0) is 19.6. The number of nitrogens with zero attached hydrogens (tertiary/aromatic N) is 1. The van der Waals surface area contributed by atoms with Crippen molar-refractivity contribution in [2.75, 3.05) is 20.3 Å². The first-order valence-corrected chi connectivity index (χ1v) is 10.0. The molecule has 5 nitrogen and oxygen atoms in total. The van der Waals surface area contributed by atoms with Gasteiger partial charge in [-0.15, -0.1) is 0 Å². The molecule has 0 unspecified atom stereocenters. The molecule has 1 saturated heterocycles. The first-order valence-electron chi connectivity index (χ1n) is 10.0. The Morgan fingerprint density at radius 1 is 1.29 bits per heavy atom. The fourth-order valence-electron chi connectivity index (χ4n) is 4.44. The topological polar surface area (TPSA) is 50.8 Å². The third-order valence-corrected chi connectivity index (χ3v) is 5.88. The smallest absolute Gasteiger partial charge is 0.249 e. The number of hydrogen-bond acceptors (Lipinski definition) is 4. The fraction of sp³-hybridized carbons (Fsp3) is 0.435. The molecule has 2 aromatic carbocycles. The van der Waals surface area contributed by atoms with E-state index in [2.05, 4.69) is 53.5 Å². The van der Waals surface area contributed by atoms with Gasteiger partial charge in [-0.3, -0.25) is 9.69 Å². The van der Waals surface area contributed by atoms with Gasteiger partial charge >= 0.3 is 0 Å². The van der Waals surface area contributed by atoms with E-state index < -0.39 is 6.10 Å². The second-order valence-corrected chi connectivity index (χ2v) is 7.69. The highest BCUT2D eigenvalue weighted by atomic mass is 16.5. The van der Waals surface area contributed by atoms with Crippen LogP contribution in [0.1, 0.15) is 36.5 Å². The minimum absolute atomic E-state index is 0.00411. The van der Waals surface area contributed by atoms with E-state index in [4.69, 9.17) is 9.47 Å². The summed E-state index contributed by atoms with van der Waals surface area (Å²) in [5.74, 6) is 0.868. The molecule has 4 rings (SSSR count). The number of rotatable bonds is 6. The molecule has 1 N–H and O–H groups in total. The summed E-state index contributed by atoms with van der Waals surface area (Å²) in [4.78, 5) is 15.0. The Kier molecular flexibility index (Phi) is 5.38. The van der Waals surface area contributed by atoms with Crippen molar-refractivity contribution in [3.63, 3.8) is 0 Å². The maximum Gasteiger partial charge on any atom is 0.249 e. The van der Waals surface area contributed by atoms with Crippen LogP contribution in [-0.2, 0) is 28.2 Å². The van der Waals surface area contributed by atoms with E-state index in [0.717, 1.165) is 25.3 Å². The predicted molar refractivity (Wildman–Crippen MR) is 108 cm³/mol. The molecule has 2 atom stereocenters. The predicted octanol–water partition coefficient (Wildman–Crippen LogP) is 3.22. The highest BCUT2D eigenvalue weighted by molar-refractivity contribution is 5.81. The van der Waals surface area contributed by atoms with Crippen molar-refractivity contribution in [1.29, 1.82) is 0 Å². The van der Waals surface area contributed by atoms with Gasteiger partial charge in [0.05, 0.1) is 19.3 Å². The van der Waals surface area contributed by atoms with Crippen LogP contribution in [0.3, 0.4) is 0 Å². The van der Waals surface area contributed by atoms with E-state index in [0.29, 0.717) is 19.6 Å². The number of nitrogens with one attached hydrogen (secondary N) is 1. The number of amides is 1. The molecule has 2 heterocycles. The Bertz CT molecular complexity index is 853. The van der Waals surface area contributed by atoms with Gasteiger partial charge in [-0.2, -0.15) is 0 Å². The van der Waals surface area contributed by atoms with Crippen LogP contribution in [-0.4, -0.2) is 37.2 Å². The van der Waals surface area contributed by atoms with Crippen LogP contribution >= 0.6 is 0 Å². The van der Waals surface area contributed by atoms with Crippen LogP contribution in [0.15, 0.2) is 48.5 Å². The van der Waals surface area contributed by atoms with E-state index in [9.17, 15) is 4.79 Å². The molecule has 0 bridgehead atoms. The average Bonchev–Trinajstić information content (AvgIpc) is 3.30. The van der Waals surface area contributed by atoms with E-state index in [1.807, 2.05) is 12.1 Å². The number of benzene rings is 2. The van der Waals surface area contributed by atoms with Crippen molar-refractivity contribution in [1.82, 2.24) is 10.2 Å². The number of hydrogen-bond donors (Lipinski definition) is 1. The van der Waals surface area contributed by atoms with Crippen molar-refractivity contribution in [3.05, 3.63) is 65.2 Å². The number of fused-ring (bicyclic) bond motifs is 2. The van der Waals surface area contributed by atoms with Gasteiger partial charge in [0, 0.05) is 26.1 Å². The molecule has 1 spiro atoms. The van der Waals surface area contributed by atoms with E-state index >= 15 is 0 Å². The molecule has 148 valence electrons. The van der Waals surface area contributed by atoms with Gasteiger partial charge in [-0.05, 0) is 35.2 Å². The van der Waals surface area contributed by atoms with Gasteiger partial charge in [0.15, 0.2) is 0 Å². The van der Waals surface area contributed by atoms with Crippen molar-refractivity contribution in [2.24, 2.45) is 0 Å². The van der Waals surface area contributed by atoms with Gasteiger partial charge in [0.2, 0.25) is 5.91 Å². The Morgan fingerprint density at radius 2 is 2.14 bits per heavy atom. The molecule has 0 aliphatic carbocycles. The van der Waals surface area contributed by atoms with Crippen LogP contribution in [0.4, 0.5) is 0 Å². The monoisotopic (exact) mass is 380 g/mol. The largest absolute Gasteiger partial charge is 0.497 e. The van der Waals surface area contributed by atoms with Crippen molar-refractivity contribution < 1.29 is 14.3 Å². The molecule has 2 aliphatic rings. The quantitative estimate of drug-likeness (QED) is 0.836. The van der Waals surface area contributed by atoms with Crippen LogP contribution in [0.5, 0.6) is 5.75 Å². The molecule has 0 aromatic heterocycles. The van der Waals surface area contributed by atoms with E-state index in [1.54, 1.807) is 7.11 Å². The minimum atomic E-state index is -0.398. The molecule has 1 fully saturated rings.